The van der Waals surface area contributed by atoms with Gasteiger partial charge in [0.05, 0.1) is 5.69 Å². The van der Waals surface area contributed by atoms with E-state index in [-0.39, 0.29) is 22.5 Å². The predicted octanol–water partition coefficient (Wildman–Crippen LogP) is 2.20. The molecule has 1 aliphatic carbocycles. The van der Waals surface area contributed by atoms with E-state index in [2.05, 4.69) is 9.98 Å². The van der Waals surface area contributed by atoms with Gasteiger partial charge in [-0.05, 0) is 37.1 Å². The number of anilines is 1. The number of hydrogen-bond donors (Lipinski definition) is 3. The Morgan fingerprint density at radius 3 is 2.44 bits per heavy atom. The molecule has 9 heteroatoms. The van der Waals surface area contributed by atoms with Crippen molar-refractivity contribution in [1.29, 1.82) is 0 Å². The van der Waals surface area contributed by atoms with Gasteiger partial charge in [0.2, 0.25) is 11.9 Å². The molecule has 8 nitrogen and oxygen atoms in total. The molecule has 1 fully saturated rings. The van der Waals surface area contributed by atoms with Crippen molar-refractivity contribution in [3.8, 4) is 0 Å². The highest BCUT2D eigenvalue weighted by Crippen LogP contribution is 2.43. The molecule has 0 bridgehead atoms. The average molecular weight is 387 g/mol. The van der Waals surface area contributed by atoms with E-state index >= 15 is 0 Å². The van der Waals surface area contributed by atoms with Crippen molar-refractivity contribution in [2.75, 3.05) is 4.90 Å². The molecule has 4 rings (SSSR count). The van der Waals surface area contributed by atoms with Crippen LogP contribution in [0.3, 0.4) is 0 Å². The molecule has 0 saturated heterocycles. The summed E-state index contributed by atoms with van der Waals surface area (Å²) in [5.41, 5.74) is 11.5. The Kier molecular flexibility index (Phi) is 4.08. The molecule has 2 aromatic carbocycles. The lowest BCUT2D eigenvalue weighted by atomic mass is 9.87. The van der Waals surface area contributed by atoms with E-state index in [0.29, 0.717) is 23.6 Å². The summed E-state index contributed by atoms with van der Waals surface area (Å²) in [6.07, 6.45) is 4.22. The van der Waals surface area contributed by atoms with Crippen molar-refractivity contribution in [1.82, 2.24) is 0 Å². The molecule has 142 valence electrons. The summed E-state index contributed by atoms with van der Waals surface area (Å²) in [5, 5.41) is 1.11. The Labute approximate surface area is 157 Å². The minimum absolute atomic E-state index is 0.0737. The lowest BCUT2D eigenvalue weighted by molar-refractivity contribution is 0.304. The van der Waals surface area contributed by atoms with Crippen molar-refractivity contribution in [2.24, 2.45) is 21.5 Å². The predicted molar refractivity (Wildman–Crippen MR) is 105 cm³/mol. The molecule has 27 heavy (non-hydrogen) atoms. The summed E-state index contributed by atoms with van der Waals surface area (Å²) in [6, 6.07) is 10.4. The van der Waals surface area contributed by atoms with Gasteiger partial charge in [-0.3, -0.25) is 9.45 Å². The van der Waals surface area contributed by atoms with Crippen LogP contribution in [0.5, 0.6) is 0 Å². The Balaban J connectivity index is 2.02. The molecule has 0 atom stereocenters. The third kappa shape index (κ3) is 2.92. The third-order valence-corrected chi connectivity index (χ3v) is 6.15. The van der Waals surface area contributed by atoms with Crippen molar-refractivity contribution >= 4 is 38.5 Å². The molecule has 0 aromatic heterocycles. The fraction of sp³-hybridized carbons (Fsp3) is 0.333. The lowest BCUT2D eigenvalue weighted by Crippen LogP contribution is -2.58. The molecule has 1 spiro atoms. The van der Waals surface area contributed by atoms with Crippen LogP contribution in [0.15, 0.2) is 51.3 Å². The Morgan fingerprint density at radius 2 is 1.74 bits per heavy atom. The normalized spacial score (nSPS) is 19.8. The zero-order valence-electron chi connectivity index (χ0n) is 14.7. The van der Waals surface area contributed by atoms with Gasteiger partial charge in [0.1, 0.15) is 10.6 Å². The van der Waals surface area contributed by atoms with E-state index < -0.39 is 15.8 Å². The van der Waals surface area contributed by atoms with Gasteiger partial charge in [0, 0.05) is 5.39 Å². The van der Waals surface area contributed by atoms with Crippen LogP contribution in [-0.4, -0.2) is 30.6 Å². The highest BCUT2D eigenvalue weighted by molar-refractivity contribution is 7.86. The zero-order valence-corrected chi connectivity index (χ0v) is 15.5. The van der Waals surface area contributed by atoms with Crippen molar-refractivity contribution in [3.63, 3.8) is 0 Å². The standard InChI is InChI=1S/C18H21N5O3S/c19-16-21-17(20)23(18(22-16)10-4-1-5-11-18)14-9-8-12-6-2-3-7-13(12)15(14)27(24,25)26/h2-3,6-9H,1,4-5,10-11H2,(H,24,25,26)(H4,19,20,21,22). The summed E-state index contributed by atoms with van der Waals surface area (Å²) < 4.78 is 34.7. The monoisotopic (exact) mass is 387 g/mol. The number of aliphatic imine (C=N–C) groups is 2. The van der Waals surface area contributed by atoms with Gasteiger partial charge in [-0.2, -0.15) is 13.4 Å². The van der Waals surface area contributed by atoms with Crippen LogP contribution < -0.4 is 16.4 Å². The van der Waals surface area contributed by atoms with Crippen molar-refractivity contribution in [2.45, 2.75) is 42.7 Å². The molecule has 0 amide bonds. The van der Waals surface area contributed by atoms with Gasteiger partial charge < -0.3 is 11.5 Å². The van der Waals surface area contributed by atoms with Crippen LogP contribution in [0.25, 0.3) is 10.8 Å². The number of hydrogen-bond acceptors (Lipinski definition) is 7. The number of nitrogens with two attached hydrogens (primary N) is 2. The second kappa shape index (κ2) is 6.21. The zero-order chi connectivity index (χ0) is 19.2. The maximum absolute atomic E-state index is 12.3. The molecule has 1 aliphatic heterocycles. The molecule has 5 N–H and O–H groups in total. The Bertz CT molecular complexity index is 1070. The van der Waals surface area contributed by atoms with E-state index in [4.69, 9.17) is 11.5 Å². The molecule has 1 heterocycles. The largest absolute Gasteiger partial charge is 0.369 e. The molecule has 1 saturated carbocycles. The van der Waals surface area contributed by atoms with E-state index in [1.54, 1.807) is 41.3 Å². The highest BCUT2D eigenvalue weighted by atomic mass is 32.2. The maximum Gasteiger partial charge on any atom is 0.297 e. The van der Waals surface area contributed by atoms with Crippen LogP contribution in [0.4, 0.5) is 5.69 Å². The molecule has 0 radical (unpaired) electrons. The van der Waals surface area contributed by atoms with Gasteiger partial charge >= 0.3 is 0 Å². The maximum atomic E-state index is 12.3. The van der Waals surface area contributed by atoms with Crippen LogP contribution in [0, 0.1) is 0 Å². The Morgan fingerprint density at radius 1 is 1.04 bits per heavy atom. The van der Waals surface area contributed by atoms with E-state index in [9.17, 15) is 13.0 Å². The summed E-state index contributed by atoms with van der Waals surface area (Å²) in [7, 11) is -4.53. The van der Waals surface area contributed by atoms with Crippen LogP contribution >= 0.6 is 0 Å². The summed E-state index contributed by atoms with van der Waals surface area (Å²) in [6.45, 7) is 0. The second-order valence-electron chi connectivity index (χ2n) is 6.93. The first kappa shape index (κ1) is 17.7. The second-order valence-corrected chi connectivity index (χ2v) is 8.29. The van der Waals surface area contributed by atoms with Crippen molar-refractivity contribution in [3.05, 3.63) is 36.4 Å². The molecule has 2 aromatic rings. The van der Waals surface area contributed by atoms with Gasteiger partial charge in [-0.25, -0.2) is 4.99 Å². The van der Waals surface area contributed by atoms with Crippen molar-refractivity contribution < 1.29 is 13.0 Å². The molecule has 2 aliphatic rings. The van der Waals surface area contributed by atoms with Gasteiger partial charge in [-0.15, -0.1) is 0 Å². The topological polar surface area (TPSA) is 134 Å². The quantitative estimate of drug-likeness (QED) is 0.676. The SMILES string of the molecule is NC1=NC2(CCCCC2)N(c2ccc3ccccc3c2S(=O)(=O)O)C(N)=N1. The van der Waals surface area contributed by atoms with Gasteiger partial charge in [-0.1, -0.05) is 36.8 Å². The van der Waals surface area contributed by atoms with E-state index in [0.717, 1.165) is 19.3 Å². The Hall–Kier alpha value is -2.65. The molecular weight excluding hydrogens is 366 g/mol. The third-order valence-electron chi connectivity index (χ3n) is 5.21. The van der Waals surface area contributed by atoms with Crippen LogP contribution in [0.2, 0.25) is 0 Å². The highest BCUT2D eigenvalue weighted by Gasteiger charge is 2.44. The number of rotatable bonds is 2. The van der Waals surface area contributed by atoms with Crippen LogP contribution in [0.1, 0.15) is 32.1 Å². The fourth-order valence-electron chi connectivity index (χ4n) is 4.15. The number of guanidine groups is 2. The first-order chi connectivity index (χ1) is 12.8. The fourth-order valence-corrected chi connectivity index (χ4v) is 5.04. The number of benzene rings is 2. The minimum atomic E-state index is -4.53. The number of fused-ring (bicyclic) bond motifs is 1. The van der Waals surface area contributed by atoms with E-state index in [1.807, 2.05) is 0 Å². The molecular formula is C18H21N5O3S. The summed E-state index contributed by atoms with van der Waals surface area (Å²) >= 11 is 0. The number of nitrogens with zero attached hydrogens (tertiary/aromatic N) is 3. The average Bonchev–Trinajstić information content (AvgIpc) is 2.60. The first-order valence-electron chi connectivity index (χ1n) is 8.81. The van der Waals surface area contributed by atoms with Gasteiger partial charge in [0.15, 0.2) is 0 Å². The summed E-state index contributed by atoms with van der Waals surface area (Å²) in [4.78, 5) is 10.1. The van der Waals surface area contributed by atoms with E-state index in [1.165, 1.54) is 0 Å². The van der Waals surface area contributed by atoms with Gasteiger partial charge in [0.25, 0.3) is 10.1 Å². The van der Waals surface area contributed by atoms with Crippen LogP contribution in [-0.2, 0) is 10.1 Å². The minimum Gasteiger partial charge on any atom is -0.369 e. The lowest BCUT2D eigenvalue weighted by Gasteiger charge is -2.46. The first-order valence-corrected chi connectivity index (χ1v) is 10.2. The molecule has 0 unspecified atom stereocenters. The smallest absolute Gasteiger partial charge is 0.297 e. The summed E-state index contributed by atoms with van der Waals surface area (Å²) in [5.74, 6) is 0.157.